The van der Waals surface area contributed by atoms with Crippen LogP contribution < -0.4 is 5.32 Å². The standard InChI is InChI=1S/C20H23NO2S/c1-16(22)24-19(18-10-6-3-7-11-18)20(15-21-12-13-23-20)14-17-8-4-2-5-9-17/h2-11,19,21H,12-15H2,1H3/t19-,20-/m0/s1. The lowest BCUT2D eigenvalue weighted by Crippen LogP contribution is -2.54. The summed E-state index contributed by atoms with van der Waals surface area (Å²) in [6.45, 7) is 3.88. The van der Waals surface area contributed by atoms with Crippen molar-refractivity contribution in [1.29, 1.82) is 0 Å². The van der Waals surface area contributed by atoms with Crippen LogP contribution in [0.25, 0.3) is 0 Å². The Kier molecular flexibility index (Phi) is 5.72. The van der Waals surface area contributed by atoms with Crippen LogP contribution in [0.4, 0.5) is 0 Å². The van der Waals surface area contributed by atoms with E-state index >= 15 is 0 Å². The second kappa shape index (κ2) is 7.97. The highest BCUT2D eigenvalue weighted by molar-refractivity contribution is 8.13. The second-order valence-corrected chi connectivity index (χ2v) is 7.43. The molecular weight excluding hydrogens is 318 g/mol. The smallest absolute Gasteiger partial charge is 0.186 e. The lowest BCUT2D eigenvalue weighted by Gasteiger charge is -2.43. The van der Waals surface area contributed by atoms with Gasteiger partial charge in [0, 0.05) is 26.4 Å². The van der Waals surface area contributed by atoms with Gasteiger partial charge in [-0.25, -0.2) is 0 Å². The molecule has 2 atom stereocenters. The van der Waals surface area contributed by atoms with Crippen molar-refractivity contribution in [3.63, 3.8) is 0 Å². The topological polar surface area (TPSA) is 38.3 Å². The highest BCUT2D eigenvalue weighted by atomic mass is 32.2. The summed E-state index contributed by atoms with van der Waals surface area (Å²) in [4.78, 5) is 12.0. The van der Waals surface area contributed by atoms with Crippen LogP contribution in [0.15, 0.2) is 60.7 Å². The molecule has 0 unspecified atom stereocenters. The number of nitrogens with one attached hydrogen (secondary N) is 1. The van der Waals surface area contributed by atoms with Crippen LogP contribution in [-0.4, -0.2) is 30.4 Å². The molecule has 2 aromatic carbocycles. The lowest BCUT2D eigenvalue weighted by atomic mass is 9.86. The van der Waals surface area contributed by atoms with Crippen LogP contribution >= 0.6 is 11.8 Å². The molecule has 1 fully saturated rings. The van der Waals surface area contributed by atoms with Gasteiger partial charge in [0.25, 0.3) is 0 Å². The van der Waals surface area contributed by atoms with Crippen molar-refractivity contribution in [2.24, 2.45) is 0 Å². The van der Waals surface area contributed by atoms with Crippen LogP contribution in [0.1, 0.15) is 23.3 Å². The van der Waals surface area contributed by atoms with Crippen LogP contribution in [0.3, 0.4) is 0 Å². The van der Waals surface area contributed by atoms with Crippen molar-refractivity contribution < 1.29 is 9.53 Å². The van der Waals surface area contributed by atoms with Gasteiger partial charge >= 0.3 is 0 Å². The number of ether oxygens (including phenoxy) is 1. The molecule has 0 amide bonds. The van der Waals surface area contributed by atoms with Gasteiger partial charge in [-0.3, -0.25) is 4.79 Å². The molecule has 0 aliphatic carbocycles. The number of thioether (sulfide) groups is 1. The number of hydrogen-bond acceptors (Lipinski definition) is 4. The molecular formula is C20H23NO2S. The third kappa shape index (κ3) is 4.07. The molecule has 1 aliphatic heterocycles. The van der Waals surface area contributed by atoms with Crippen molar-refractivity contribution >= 4 is 16.9 Å². The highest BCUT2D eigenvalue weighted by Gasteiger charge is 2.43. The Bertz CT molecular complexity index is 654. The molecule has 2 aromatic rings. The number of carbonyl (C=O) groups excluding carboxylic acids is 1. The molecule has 0 radical (unpaired) electrons. The molecule has 4 heteroatoms. The summed E-state index contributed by atoms with van der Waals surface area (Å²) in [6.07, 6.45) is 0.778. The van der Waals surface area contributed by atoms with Gasteiger partial charge in [-0.2, -0.15) is 0 Å². The van der Waals surface area contributed by atoms with Crippen molar-refractivity contribution in [2.75, 3.05) is 19.7 Å². The molecule has 0 bridgehead atoms. The molecule has 1 heterocycles. The first-order chi connectivity index (χ1) is 11.7. The Morgan fingerprint density at radius 1 is 1.17 bits per heavy atom. The van der Waals surface area contributed by atoms with Crippen LogP contribution in [0.5, 0.6) is 0 Å². The summed E-state index contributed by atoms with van der Waals surface area (Å²) in [5.41, 5.74) is 1.93. The minimum absolute atomic E-state index is 0.0378. The first kappa shape index (κ1) is 17.2. The van der Waals surface area contributed by atoms with E-state index in [9.17, 15) is 4.79 Å². The van der Waals surface area contributed by atoms with E-state index in [1.54, 1.807) is 6.92 Å². The largest absolute Gasteiger partial charge is 0.370 e. The van der Waals surface area contributed by atoms with Gasteiger partial charge < -0.3 is 10.1 Å². The molecule has 24 heavy (non-hydrogen) atoms. The van der Waals surface area contributed by atoms with E-state index in [1.807, 2.05) is 24.3 Å². The van der Waals surface area contributed by atoms with E-state index in [0.29, 0.717) is 6.61 Å². The van der Waals surface area contributed by atoms with Crippen LogP contribution in [-0.2, 0) is 16.0 Å². The average molecular weight is 341 g/mol. The van der Waals surface area contributed by atoms with Gasteiger partial charge in [0.15, 0.2) is 5.12 Å². The van der Waals surface area contributed by atoms with Gasteiger partial charge in [-0.15, -0.1) is 0 Å². The first-order valence-electron chi connectivity index (χ1n) is 8.30. The summed E-state index contributed by atoms with van der Waals surface area (Å²) in [7, 11) is 0. The zero-order valence-corrected chi connectivity index (χ0v) is 14.7. The van der Waals surface area contributed by atoms with Crippen molar-refractivity contribution in [3.05, 3.63) is 71.8 Å². The van der Waals surface area contributed by atoms with Crippen molar-refractivity contribution in [3.8, 4) is 0 Å². The highest BCUT2D eigenvalue weighted by Crippen LogP contribution is 2.43. The number of hydrogen-bond donors (Lipinski definition) is 1. The Hall–Kier alpha value is -1.62. The van der Waals surface area contributed by atoms with E-state index in [1.165, 1.54) is 17.3 Å². The molecule has 0 spiro atoms. The predicted molar refractivity (Wildman–Crippen MR) is 99.2 cm³/mol. The number of carbonyl (C=O) groups is 1. The average Bonchev–Trinajstić information content (AvgIpc) is 2.62. The number of morpholine rings is 1. The molecule has 3 nitrogen and oxygen atoms in total. The van der Waals surface area contributed by atoms with E-state index in [4.69, 9.17) is 4.74 Å². The van der Waals surface area contributed by atoms with Crippen molar-refractivity contribution in [1.82, 2.24) is 5.32 Å². The SMILES string of the molecule is CC(=O)S[C@@H](c1ccccc1)[C@]1(Cc2ccccc2)CNCCO1. The summed E-state index contributed by atoms with van der Waals surface area (Å²) < 4.78 is 6.35. The van der Waals surface area contributed by atoms with Crippen LogP contribution in [0, 0.1) is 0 Å². The van der Waals surface area contributed by atoms with Gasteiger partial charge in [0.2, 0.25) is 0 Å². The molecule has 1 saturated heterocycles. The predicted octanol–water partition coefficient (Wildman–Crippen LogP) is 3.61. The molecule has 1 N–H and O–H groups in total. The Labute approximate surface area is 147 Å². The van der Waals surface area contributed by atoms with E-state index in [0.717, 1.165) is 25.1 Å². The fraction of sp³-hybridized carbons (Fsp3) is 0.350. The maximum absolute atomic E-state index is 12.0. The summed E-state index contributed by atoms with van der Waals surface area (Å²) in [5, 5.41) is 3.55. The fourth-order valence-corrected chi connectivity index (χ4v) is 4.34. The Morgan fingerprint density at radius 2 is 1.83 bits per heavy atom. The third-order valence-corrected chi connectivity index (χ3v) is 5.57. The van der Waals surface area contributed by atoms with E-state index < -0.39 is 5.60 Å². The molecule has 126 valence electrons. The molecule has 3 rings (SSSR count). The Morgan fingerprint density at radius 3 is 2.42 bits per heavy atom. The maximum atomic E-state index is 12.0. The van der Waals surface area contributed by atoms with Gasteiger partial charge in [0.1, 0.15) is 5.60 Å². The van der Waals surface area contributed by atoms with Gasteiger partial charge in [-0.05, 0) is 11.1 Å². The number of rotatable bonds is 5. The molecule has 0 aromatic heterocycles. The lowest BCUT2D eigenvalue weighted by molar-refractivity contribution is -0.109. The zero-order chi connectivity index (χ0) is 16.8. The quantitative estimate of drug-likeness (QED) is 0.902. The maximum Gasteiger partial charge on any atom is 0.186 e. The minimum Gasteiger partial charge on any atom is -0.370 e. The zero-order valence-electron chi connectivity index (χ0n) is 13.9. The monoisotopic (exact) mass is 341 g/mol. The summed E-state index contributed by atoms with van der Waals surface area (Å²) in [6, 6.07) is 20.6. The van der Waals surface area contributed by atoms with Crippen LogP contribution in [0.2, 0.25) is 0 Å². The minimum atomic E-state index is -0.433. The van der Waals surface area contributed by atoms with E-state index in [-0.39, 0.29) is 10.4 Å². The third-order valence-electron chi connectivity index (χ3n) is 4.30. The normalized spacial score (nSPS) is 22.0. The fourth-order valence-electron chi connectivity index (χ4n) is 3.27. The molecule has 0 saturated carbocycles. The first-order valence-corrected chi connectivity index (χ1v) is 9.18. The van der Waals surface area contributed by atoms with Gasteiger partial charge in [-0.1, -0.05) is 72.4 Å². The van der Waals surface area contributed by atoms with Crippen molar-refractivity contribution in [2.45, 2.75) is 24.2 Å². The summed E-state index contributed by atoms with van der Waals surface area (Å²) >= 11 is 1.37. The van der Waals surface area contributed by atoms with E-state index in [2.05, 4.69) is 41.7 Å². The van der Waals surface area contributed by atoms with Gasteiger partial charge in [0.05, 0.1) is 11.9 Å². The molecule has 1 aliphatic rings. The Balaban J connectivity index is 1.98. The number of benzene rings is 2. The second-order valence-electron chi connectivity index (χ2n) is 6.15. The summed E-state index contributed by atoms with van der Waals surface area (Å²) in [5.74, 6) is 0.